The van der Waals surface area contributed by atoms with Crippen LogP contribution in [0.15, 0.2) is 40.8 Å². The highest BCUT2D eigenvalue weighted by Gasteiger charge is 2.22. The molecule has 1 atom stereocenters. The zero-order valence-electron chi connectivity index (χ0n) is 20.7. The van der Waals surface area contributed by atoms with Crippen molar-refractivity contribution in [2.24, 2.45) is 5.41 Å². The molecular weight excluding hydrogens is 456 g/mol. The summed E-state index contributed by atoms with van der Waals surface area (Å²) in [6, 6.07) is 9.07. The van der Waals surface area contributed by atoms with Crippen LogP contribution in [0.4, 0.5) is 0 Å². The van der Waals surface area contributed by atoms with Crippen LogP contribution in [0.2, 0.25) is 5.02 Å². The first-order valence-corrected chi connectivity index (χ1v) is 12.0. The molecule has 1 saturated carbocycles. The molecule has 0 saturated heterocycles. The number of ketones is 1. The fourth-order valence-electron chi connectivity index (χ4n) is 3.33. The molecule has 0 aliphatic heterocycles. The fraction of sp³-hybridized carbons (Fsp3) is 0.500. The molecule has 188 valence electrons. The van der Waals surface area contributed by atoms with Gasteiger partial charge in [0.15, 0.2) is 11.5 Å². The first-order chi connectivity index (χ1) is 16.1. The van der Waals surface area contributed by atoms with E-state index in [0.29, 0.717) is 16.2 Å². The smallest absolute Gasteiger partial charge is 0.287 e. The summed E-state index contributed by atoms with van der Waals surface area (Å²) < 4.78 is 5.46. The minimum Gasteiger partial charge on any atom is -0.451 e. The van der Waals surface area contributed by atoms with Gasteiger partial charge in [0.1, 0.15) is 11.8 Å². The van der Waals surface area contributed by atoms with Crippen LogP contribution < -0.4 is 10.6 Å². The van der Waals surface area contributed by atoms with E-state index in [1.165, 1.54) is 38.7 Å². The highest BCUT2D eigenvalue weighted by Crippen LogP contribution is 2.36. The van der Waals surface area contributed by atoms with Crippen LogP contribution >= 0.6 is 11.6 Å². The predicted molar refractivity (Wildman–Crippen MR) is 135 cm³/mol. The third kappa shape index (κ3) is 10.1. The van der Waals surface area contributed by atoms with Gasteiger partial charge in [0.05, 0.1) is 13.2 Å². The molecule has 0 unspecified atom stereocenters. The Labute approximate surface area is 207 Å². The van der Waals surface area contributed by atoms with Crippen molar-refractivity contribution in [2.75, 3.05) is 13.2 Å². The third-order valence-electron chi connectivity index (χ3n) is 5.33. The van der Waals surface area contributed by atoms with Gasteiger partial charge >= 0.3 is 0 Å². The standard InChI is InChI=1S/C17H17ClN2O5.C7H14.C2H6/c1-10(22)13(9-21)20-16(23)8-19-17(24)15-7-6-14(25-15)11-2-4-12(18)5-3-11;1-7(2)5-3-4-6-7;1-2/h2-7,13,21H,8-9H2,1H3,(H,19,24)(H,20,23);3-6H2,1-2H3;1-2H3/t13-;;/m0../s1. The van der Waals surface area contributed by atoms with Crippen molar-refractivity contribution in [1.82, 2.24) is 10.6 Å². The maximum atomic E-state index is 12.0. The Bertz CT molecular complexity index is 914. The molecule has 0 spiro atoms. The molecule has 1 aromatic carbocycles. The van der Waals surface area contributed by atoms with E-state index < -0.39 is 24.5 Å². The molecule has 2 aromatic rings. The van der Waals surface area contributed by atoms with Gasteiger partial charge in [-0.1, -0.05) is 52.1 Å². The number of hydrogen-bond donors (Lipinski definition) is 3. The first kappa shape index (κ1) is 29.4. The molecule has 0 radical (unpaired) electrons. The highest BCUT2D eigenvalue weighted by atomic mass is 35.5. The second-order valence-corrected chi connectivity index (χ2v) is 9.07. The summed E-state index contributed by atoms with van der Waals surface area (Å²) in [4.78, 5) is 34.8. The Morgan fingerprint density at radius 3 is 2.12 bits per heavy atom. The number of aliphatic hydroxyl groups is 1. The SMILES string of the molecule is CC.CC(=O)[C@H](CO)NC(=O)CNC(=O)c1ccc(-c2ccc(Cl)cc2)o1.CC1(C)CCCC1. The normalized spacial score (nSPS) is 14.6. The van der Waals surface area contributed by atoms with Crippen LogP contribution in [-0.4, -0.2) is 41.9 Å². The molecule has 1 aromatic heterocycles. The third-order valence-corrected chi connectivity index (χ3v) is 5.59. The number of furan rings is 1. The number of rotatable bonds is 7. The van der Waals surface area contributed by atoms with E-state index in [-0.39, 0.29) is 18.1 Å². The van der Waals surface area contributed by atoms with Crippen molar-refractivity contribution in [2.45, 2.75) is 66.3 Å². The lowest BCUT2D eigenvalue weighted by molar-refractivity contribution is -0.127. The van der Waals surface area contributed by atoms with Crippen molar-refractivity contribution in [1.29, 1.82) is 0 Å². The van der Waals surface area contributed by atoms with Crippen LogP contribution in [0.1, 0.15) is 70.9 Å². The average molecular weight is 493 g/mol. The fourth-order valence-corrected chi connectivity index (χ4v) is 3.46. The lowest BCUT2D eigenvalue weighted by Gasteiger charge is -2.13. The van der Waals surface area contributed by atoms with Crippen molar-refractivity contribution >= 4 is 29.2 Å². The van der Waals surface area contributed by atoms with E-state index in [2.05, 4.69) is 24.5 Å². The molecular formula is C26H37ClN2O5. The van der Waals surface area contributed by atoms with Gasteiger partial charge in [0, 0.05) is 10.6 Å². The van der Waals surface area contributed by atoms with Gasteiger partial charge in [0.2, 0.25) is 5.91 Å². The van der Waals surface area contributed by atoms with E-state index >= 15 is 0 Å². The van der Waals surface area contributed by atoms with Crippen molar-refractivity contribution in [3.63, 3.8) is 0 Å². The van der Waals surface area contributed by atoms with Gasteiger partial charge in [0.25, 0.3) is 5.91 Å². The molecule has 34 heavy (non-hydrogen) atoms. The van der Waals surface area contributed by atoms with Gasteiger partial charge in [-0.3, -0.25) is 14.4 Å². The summed E-state index contributed by atoms with van der Waals surface area (Å²) in [6.45, 7) is 9.12. The molecule has 8 heteroatoms. The maximum absolute atomic E-state index is 12.0. The molecule has 2 amide bonds. The van der Waals surface area contributed by atoms with Gasteiger partial charge in [-0.15, -0.1) is 0 Å². The lowest BCUT2D eigenvalue weighted by atomic mass is 9.92. The van der Waals surface area contributed by atoms with E-state index in [1.54, 1.807) is 30.3 Å². The largest absolute Gasteiger partial charge is 0.451 e. The van der Waals surface area contributed by atoms with Gasteiger partial charge < -0.3 is 20.2 Å². The summed E-state index contributed by atoms with van der Waals surface area (Å²) in [7, 11) is 0. The topological polar surface area (TPSA) is 109 Å². The Kier molecular flexibility index (Phi) is 12.6. The molecule has 0 bridgehead atoms. The summed E-state index contributed by atoms with van der Waals surface area (Å²) in [6.07, 6.45) is 5.83. The molecule has 3 N–H and O–H groups in total. The quantitative estimate of drug-likeness (QED) is 0.503. The number of nitrogens with one attached hydrogen (secondary N) is 2. The summed E-state index contributed by atoms with van der Waals surface area (Å²) in [5.74, 6) is -1.00. The number of carbonyl (C=O) groups excluding carboxylic acids is 3. The Balaban J connectivity index is 0.000000540. The average Bonchev–Trinajstić information content (AvgIpc) is 3.47. The summed E-state index contributed by atoms with van der Waals surface area (Å²) in [5.41, 5.74) is 1.45. The molecule has 1 heterocycles. The lowest BCUT2D eigenvalue weighted by Crippen LogP contribution is -2.46. The molecule has 3 rings (SSSR count). The zero-order valence-corrected chi connectivity index (χ0v) is 21.5. The predicted octanol–water partition coefficient (Wildman–Crippen LogP) is 5.01. The molecule has 1 fully saturated rings. The number of benzene rings is 1. The Morgan fingerprint density at radius 2 is 1.65 bits per heavy atom. The minimum absolute atomic E-state index is 0.0445. The number of hydrogen-bond acceptors (Lipinski definition) is 5. The van der Waals surface area contributed by atoms with Gasteiger partial charge in [-0.2, -0.15) is 0 Å². The van der Waals surface area contributed by atoms with Gasteiger partial charge in [-0.25, -0.2) is 0 Å². The Hall–Kier alpha value is -2.64. The van der Waals surface area contributed by atoms with E-state index in [9.17, 15) is 14.4 Å². The Morgan fingerprint density at radius 1 is 1.06 bits per heavy atom. The van der Waals surface area contributed by atoms with E-state index in [1.807, 2.05) is 13.8 Å². The highest BCUT2D eigenvalue weighted by molar-refractivity contribution is 6.30. The number of amides is 2. The number of carbonyl (C=O) groups is 3. The van der Waals surface area contributed by atoms with Crippen LogP contribution in [0.25, 0.3) is 11.3 Å². The number of Topliss-reactive ketones (excluding diaryl/α,β-unsaturated/α-hetero) is 1. The van der Waals surface area contributed by atoms with Crippen LogP contribution in [-0.2, 0) is 9.59 Å². The summed E-state index contributed by atoms with van der Waals surface area (Å²) in [5, 5.41) is 14.3. The van der Waals surface area contributed by atoms with Crippen LogP contribution in [0, 0.1) is 5.41 Å². The second-order valence-electron chi connectivity index (χ2n) is 8.64. The van der Waals surface area contributed by atoms with Crippen molar-refractivity contribution in [3.8, 4) is 11.3 Å². The number of aliphatic hydroxyl groups excluding tert-OH is 1. The number of halogens is 1. The molecule has 1 aliphatic carbocycles. The van der Waals surface area contributed by atoms with Gasteiger partial charge in [-0.05, 0) is 61.6 Å². The zero-order chi connectivity index (χ0) is 25.7. The maximum Gasteiger partial charge on any atom is 0.287 e. The van der Waals surface area contributed by atoms with Crippen molar-refractivity contribution < 1.29 is 23.9 Å². The second kappa shape index (κ2) is 14.6. The monoisotopic (exact) mass is 492 g/mol. The minimum atomic E-state index is -0.982. The molecule has 1 aliphatic rings. The van der Waals surface area contributed by atoms with Crippen molar-refractivity contribution in [3.05, 3.63) is 47.2 Å². The van der Waals surface area contributed by atoms with E-state index in [4.69, 9.17) is 21.1 Å². The molecule has 7 nitrogen and oxygen atoms in total. The van der Waals surface area contributed by atoms with E-state index in [0.717, 1.165) is 5.56 Å². The van der Waals surface area contributed by atoms with Crippen LogP contribution in [0.3, 0.4) is 0 Å². The summed E-state index contributed by atoms with van der Waals surface area (Å²) >= 11 is 5.82. The van der Waals surface area contributed by atoms with Crippen LogP contribution in [0.5, 0.6) is 0 Å². The first-order valence-electron chi connectivity index (χ1n) is 11.7.